The average Bonchev–Trinajstić information content (AvgIpc) is 2.44. The summed E-state index contributed by atoms with van der Waals surface area (Å²) in [7, 11) is 1.49. The molecule has 1 aromatic heterocycles. The monoisotopic (exact) mass is 278 g/mol. The number of hydrogen-bond donors (Lipinski definition) is 1. The third-order valence-corrected chi connectivity index (χ3v) is 2.67. The van der Waals surface area contributed by atoms with Gasteiger partial charge in [0.2, 0.25) is 0 Å². The van der Waals surface area contributed by atoms with Gasteiger partial charge in [-0.2, -0.15) is 0 Å². The van der Waals surface area contributed by atoms with Crippen molar-refractivity contribution in [3.63, 3.8) is 0 Å². The first-order valence-electron chi connectivity index (χ1n) is 5.78. The number of halogens is 2. The van der Waals surface area contributed by atoms with Crippen LogP contribution in [0.1, 0.15) is 16.1 Å². The molecule has 0 radical (unpaired) electrons. The van der Waals surface area contributed by atoms with Crippen molar-refractivity contribution in [2.24, 2.45) is 0 Å². The summed E-state index contributed by atoms with van der Waals surface area (Å²) in [4.78, 5) is 15.8. The van der Waals surface area contributed by atoms with Crippen LogP contribution in [0.5, 0.6) is 5.75 Å². The number of ether oxygens (including phenoxy) is 1. The fraction of sp³-hybridized carbons (Fsp3) is 0.143. The van der Waals surface area contributed by atoms with E-state index < -0.39 is 17.5 Å². The summed E-state index contributed by atoms with van der Waals surface area (Å²) in [6.07, 6.45) is 1.39. The first kappa shape index (κ1) is 13.9. The van der Waals surface area contributed by atoms with Crippen LogP contribution in [0.15, 0.2) is 30.5 Å². The molecule has 0 atom stereocenters. The third-order valence-electron chi connectivity index (χ3n) is 2.67. The van der Waals surface area contributed by atoms with Crippen molar-refractivity contribution in [1.29, 1.82) is 0 Å². The molecule has 2 aromatic rings. The van der Waals surface area contributed by atoms with Crippen molar-refractivity contribution in [2.45, 2.75) is 6.92 Å². The summed E-state index contributed by atoms with van der Waals surface area (Å²) < 4.78 is 31.3. The molecule has 2 rings (SSSR count). The zero-order valence-electron chi connectivity index (χ0n) is 10.9. The van der Waals surface area contributed by atoms with Gasteiger partial charge in [-0.3, -0.25) is 4.79 Å². The van der Waals surface area contributed by atoms with Gasteiger partial charge in [0.25, 0.3) is 5.91 Å². The number of nitrogens with zero attached hydrogens (tertiary/aromatic N) is 1. The van der Waals surface area contributed by atoms with Gasteiger partial charge in [-0.25, -0.2) is 13.8 Å². The number of hydrogen-bond acceptors (Lipinski definition) is 3. The molecule has 0 bridgehead atoms. The van der Waals surface area contributed by atoms with Crippen LogP contribution in [-0.2, 0) is 0 Å². The number of carbonyl (C=O) groups excluding carboxylic acids is 1. The minimum absolute atomic E-state index is 0.114. The number of methoxy groups -OCH3 is 1. The van der Waals surface area contributed by atoms with Crippen LogP contribution in [0.4, 0.5) is 14.5 Å². The van der Waals surface area contributed by atoms with Gasteiger partial charge in [-0.05, 0) is 30.7 Å². The molecular weight excluding hydrogens is 266 g/mol. The molecule has 6 heteroatoms. The lowest BCUT2D eigenvalue weighted by molar-refractivity contribution is 0.102. The maximum Gasteiger partial charge on any atom is 0.274 e. The molecule has 0 aliphatic carbocycles. The number of aryl methyl sites for hydroxylation is 1. The molecule has 1 N–H and O–H groups in total. The normalized spacial score (nSPS) is 10.2. The molecule has 104 valence electrons. The summed E-state index contributed by atoms with van der Waals surface area (Å²) in [6.45, 7) is 1.42. The third kappa shape index (κ3) is 2.90. The molecule has 4 nitrogen and oxygen atoms in total. The van der Waals surface area contributed by atoms with Crippen LogP contribution < -0.4 is 10.1 Å². The van der Waals surface area contributed by atoms with Crippen LogP contribution in [0.25, 0.3) is 0 Å². The zero-order valence-corrected chi connectivity index (χ0v) is 10.9. The Morgan fingerprint density at radius 2 is 2.05 bits per heavy atom. The maximum atomic E-state index is 13.2. The van der Waals surface area contributed by atoms with E-state index in [2.05, 4.69) is 10.3 Å². The summed E-state index contributed by atoms with van der Waals surface area (Å²) >= 11 is 0. The van der Waals surface area contributed by atoms with Gasteiger partial charge in [-0.1, -0.05) is 0 Å². The van der Waals surface area contributed by atoms with Crippen LogP contribution >= 0.6 is 0 Å². The molecule has 20 heavy (non-hydrogen) atoms. The maximum absolute atomic E-state index is 13.2. The van der Waals surface area contributed by atoms with Gasteiger partial charge in [0.05, 0.1) is 13.3 Å². The van der Waals surface area contributed by atoms with E-state index >= 15 is 0 Å². The molecule has 1 heterocycles. The first-order valence-corrected chi connectivity index (χ1v) is 5.78. The summed E-state index contributed by atoms with van der Waals surface area (Å²) in [5.41, 5.74) is 0.431. The number of aromatic nitrogens is 1. The van der Waals surface area contributed by atoms with Gasteiger partial charge in [0, 0.05) is 11.8 Å². The van der Waals surface area contributed by atoms with E-state index in [1.165, 1.54) is 32.4 Å². The Kier molecular flexibility index (Phi) is 3.93. The minimum Gasteiger partial charge on any atom is -0.495 e. The standard InChI is InChI=1S/C14H12F2N2O2/c1-8-5-9(6-11(15)13(8)16)18-14(19)12-4-3-10(20-2)7-17-12/h3-7H,1-2H3,(H,18,19). The quantitative estimate of drug-likeness (QED) is 0.939. The van der Waals surface area contributed by atoms with Crippen molar-refractivity contribution >= 4 is 11.6 Å². The van der Waals surface area contributed by atoms with Gasteiger partial charge in [-0.15, -0.1) is 0 Å². The van der Waals surface area contributed by atoms with E-state index in [0.717, 1.165) is 6.07 Å². The Morgan fingerprint density at radius 3 is 2.60 bits per heavy atom. The predicted molar refractivity (Wildman–Crippen MR) is 69.8 cm³/mol. The smallest absolute Gasteiger partial charge is 0.274 e. The SMILES string of the molecule is COc1ccc(C(=O)Nc2cc(C)c(F)c(F)c2)nc1. The Labute approximate surface area is 114 Å². The lowest BCUT2D eigenvalue weighted by atomic mass is 10.2. The molecule has 0 saturated heterocycles. The lowest BCUT2D eigenvalue weighted by Crippen LogP contribution is -2.14. The number of anilines is 1. The summed E-state index contributed by atoms with van der Waals surface area (Å²) in [6, 6.07) is 5.32. The number of nitrogens with one attached hydrogen (secondary N) is 1. The highest BCUT2D eigenvalue weighted by Crippen LogP contribution is 2.18. The topological polar surface area (TPSA) is 51.2 Å². The second-order valence-corrected chi connectivity index (χ2v) is 4.13. The van der Waals surface area contributed by atoms with Crippen molar-refractivity contribution in [3.05, 3.63) is 53.4 Å². The molecule has 0 aliphatic heterocycles. The first-order chi connectivity index (χ1) is 9.51. The molecule has 0 fully saturated rings. The average molecular weight is 278 g/mol. The summed E-state index contributed by atoms with van der Waals surface area (Å²) in [5, 5.41) is 2.46. The molecular formula is C14H12F2N2O2. The largest absolute Gasteiger partial charge is 0.495 e. The number of benzene rings is 1. The van der Waals surface area contributed by atoms with Crippen molar-refractivity contribution in [1.82, 2.24) is 4.98 Å². The van der Waals surface area contributed by atoms with E-state index in [1.54, 1.807) is 6.07 Å². The molecule has 0 saturated carbocycles. The van der Waals surface area contributed by atoms with E-state index in [4.69, 9.17) is 4.74 Å². The fourth-order valence-electron chi connectivity index (χ4n) is 1.63. The number of pyridine rings is 1. The summed E-state index contributed by atoms with van der Waals surface area (Å²) in [5.74, 6) is -1.93. The van der Waals surface area contributed by atoms with Gasteiger partial charge in [0.1, 0.15) is 11.4 Å². The second kappa shape index (κ2) is 5.64. The van der Waals surface area contributed by atoms with Crippen LogP contribution in [0, 0.1) is 18.6 Å². The number of amides is 1. The Bertz CT molecular complexity index is 619. The lowest BCUT2D eigenvalue weighted by Gasteiger charge is -2.07. The fourth-order valence-corrected chi connectivity index (χ4v) is 1.63. The van der Waals surface area contributed by atoms with E-state index in [-0.39, 0.29) is 16.9 Å². The van der Waals surface area contributed by atoms with Crippen molar-refractivity contribution in [2.75, 3.05) is 12.4 Å². The van der Waals surface area contributed by atoms with E-state index in [0.29, 0.717) is 5.75 Å². The number of carbonyl (C=O) groups is 1. The molecule has 0 unspecified atom stereocenters. The highest BCUT2D eigenvalue weighted by atomic mass is 19.2. The molecule has 0 aliphatic rings. The van der Waals surface area contributed by atoms with Crippen molar-refractivity contribution in [3.8, 4) is 5.75 Å². The van der Waals surface area contributed by atoms with Crippen LogP contribution in [0.2, 0.25) is 0 Å². The molecule has 1 aromatic carbocycles. The Balaban J connectivity index is 2.18. The second-order valence-electron chi connectivity index (χ2n) is 4.13. The predicted octanol–water partition coefficient (Wildman–Crippen LogP) is 2.93. The van der Waals surface area contributed by atoms with E-state index in [9.17, 15) is 13.6 Å². The van der Waals surface area contributed by atoms with Crippen LogP contribution in [-0.4, -0.2) is 18.0 Å². The van der Waals surface area contributed by atoms with Gasteiger partial charge in [0.15, 0.2) is 11.6 Å². The molecule has 1 amide bonds. The highest BCUT2D eigenvalue weighted by Gasteiger charge is 2.11. The number of rotatable bonds is 3. The Morgan fingerprint density at radius 1 is 1.30 bits per heavy atom. The van der Waals surface area contributed by atoms with Crippen molar-refractivity contribution < 1.29 is 18.3 Å². The van der Waals surface area contributed by atoms with Gasteiger partial charge >= 0.3 is 0 Å². The Hall–Kier alpha value is -2.50. The van der Waals surface area contributed by atoms with Crippen LogP contribution in [0.3, 0.4) is 0 Å². The minimum atomic E-state index is -1.01. The van der Waals surface area contributed by atoms with Gasteiger partial charge < -0.3 is 10.1 Å². The highest BCUT2D eigenvalue weighted by molar-refractivity contribution is 6.02. The molecule has 0 spiro atoms. The zero-order chi connectivity index (χ0) is 14.7. The van der Waals surface area contributed by atoms with E-state index in [1.807, 2.05) is 0 Å².